The SMILES string of the molecule is O=C1CCC2CN(c3ccc(F)cn3)CCN12. The number of carbonyl (C=O) groups is 1. The fourth-order valence-corrected chi connectivity index (χ4v) is 2.63. The fraction of sp³-hybridized carbons (Fsp3) is 0.500. The zero-order valence-corrected chi connectivity index (χ0v) is 9.47. The van der Waals surface area contributed by atoms with Crippen molar-refractivity contribution in [2.75, 3.05) is 24.5 Å². The summed E-state index contributed by atoms with van der Waals surface area (Å²) in [6.07, 6.45) is 2.83. The van der Waals surface area contributed by atoms with E-state index in [1.54, 1.807) is 6.07 Å². The lowest BCUT2D eigenvalue weighted by atomic mass is 10.1. The van der Waals surface area contributed by atoms with E-state index in [0.717, 1.165) is 31.9 Å². The van der Waals surface area contributed by atoms with Crippen LogP contribution in [0.1, 0.15) is 12.8 Å². The van der Waals surface area contributed by atoms with Crippen molar-refractivity contribution in [2.45, 2.75) is 18.9 Å². The van der Waals surface area contributed by atoms with Gasteiger partial charge >= 0.3 is 0 Å². The molecule has 2 saturated heterocycles. The van der Waals surface area contributed by atoms with Crippen molar-refractivity contribution in [3.63, 3.8) is 0 Å². The highest BCUT2D eigenvalue weighted by molar-refractivity contribution is 5.79. The summed E-state index contributed by atoms with van der Waals surface area (Å²) >= 11 is 0. The van der Waals surface area contributed by atoms with Crippen LogP contribution in [0.3, 0.4) is 0 Å². The van der Waals surface area contributed by atoms with Crippen LogP contribution < -0.4 is 4.90 Å². The molecule has 0 radical (unpaired) electrons. The van der Waals surface area contributed by atoms with Gasteiger partial charge in [-0.15, -0.1) is 0 Å². The quantitative estimate of drug-likeness (QED) is 0.729. The predicted octanol–water partition coefficient (Wildman–Crippen LogP) is 1.03. The Balaban J connectivity index is 1.75. The molecule has 1 amide bonds. The summed E-state index contributed by atoms with van der Waals surface area (Å²) in [6.45, 7) is 2.34. The maximum atomic E-state index is 12.8. The monoisotopic (exact) mass is 235 g/mol. The van der Waals surface area contributed by atoms with E-state index in [9.17, 15) is 9.18 Å². The summed E-state index contributed by atoms with van der Waals surface area (Å²) < 4.78 is 12.8. The minimum atomic E-state index is -0.316. The van der Waals surface area contributed by atoms with Crippen molar-refractivity contribution < 1.29 is 9.18 Å². The van der Waals surface area contributed by atoms with Gasteiger partial charge in [-0.2, -0.15) is 0 Å². The van der Waals surface area contributed by atoms with Crippen LogP contribution in [0.25, 0.3) is 0 Å². The van der Waals surface area contributed by atoms with E-state index < -0.39 is 0 Å². The highest BCUT2D eigenvalue weighted by Crippen LogP contribution is 2.25. The molecule has 1 atom stereocenters. The lowest BCUT2D eigenvalue weighted by Crippen LogP contribution is -2.51. The maximum absolute atomic E-state index is 12.8. The molecular weight excluding hydrogens is 221 g/mol. The Morgan fingerprint density at radius 2 is 2.24 bits per heavy atom. The van der Waals surface area contributed by atoms with Gasteiger partial charge in [0.05, 0.1) is 6.20 Å². The summed E-state index contributed by atoms with van der Waals surface area (Å²) in [5.41, 5.74) is 0. The summed E-state index contributed by atoms with van der Waals surface area (Å²) in [6, 6.07) is 3.43. The molecule has 2 aliphatic heterocycles. The maximum Gasteiger partial charge on any atom is 0.223 e. The van der Waals surface area contributed by atoms with Gasteiger partial charge in [-0.1, -0.05) is 0 Å². The van der Waals surface area contributed by atoms with Crippen molar-refractivity contribution in [3.8, 4) is 0 Å². The van der Waals surface area contributed by atoms with E-state index in [-0.39, 0.29) is 11.7 Å². The molecule has 4 nitrogen and oxygen atoms in total. The molecule has 3 rings (SSSR count). The number of nitrogens with zero attached hydrogens (tertiary/aromatic N) is 3. The van der Waals surface area contributed by atoms with E-state index in [1.807, 2.05) is 4.90 Å². The van der Waals surface area contributed by atoms with Gasteiger partial charge in [-0.25, -0.2) is 9.37 Å². The largest absolute Gasteiger partial charge is 0.353 e. The fourth-order valence-electron chi connectivity index (χ4n) is 2.63. The van der Waals surface area contributed by atoms with Crippen LogP contribution in [0.15, 0.2) is 18.3 Å². The second-order valence-electron chi connectivity index (χ2n) is 4.56. The Bertz CT molecular complexity index is 434. The minimum absolute atomic E-state index is 0.265. The zero-order chi connectivity index (χ0) is 11.8. The third kappa shape index (κ3) is 1.85. The molecule has 2 fully saturated rings. The van der Waals surface area contributed by atoms with Gasteiger partial charge in [0, 0.05) is 32.1 Å². The van der Waals surface area contributed by atoms with Crippen molar-refractivity contribution in [2.24, 2.45) is 0 Å². The number of halogens is 1. The molecule has 17 heavy (non-hydrogen) atoms. The Labute approximate surface area is 99.0 Å². The molecule has 1 unspecified atom stereocenters. The summed E-state index contributed by atoms with van der Waals surface area (Å²) in [5.74, 6) is 0.746. The minimum Gasteiger partial charge on any atom is -0.353 e. The number of hydrogen-bond donors (Lipinski definition) is 0. The van der Waals surface area contributed by atoms with Gasteiger partial charge in [0.1, 0.15) is 11.6 Å². The van der Waals surface area contributed by atoms with Gasteiger partial charge in [0.2, 0.25) is 5.91 Å². The number of amides is 1. The predicted molar refractivity (Wildman–Crippen MR) is 61.1 cm³/mol. The lowest BCUT2D eigenvalue weighted by Gasteiger charge is -2.38. The number of piperazine rings is 1. The second kappa shape index (κ2) is 3.98. The van der Waals surface area contributed by atoms with Gasteiger partial charge in [-0.05, 0) is 18.6 Å². The molecule has 1 aromatic heterocycles. The molecule has 0 aliphatic carbocycles. The second-order valence-corrected chi connectivity index (χ2v) is 4.56. The van der Waals surface area contributed by atoms with Crippen molar-refractivity contribution >= 4 is 11.7 Å². The van der Waals surface area contributed by atoms with Gasteiger partial charge < -0.3 is 9.80 Å². The van der Waals surface area contributed by atoms with Crippen molar-refractivity contribution in [3.05, 3.63) is 24.1 Å². The Hall–Kier alpha value is -1.65. The Morgan fingerprint density at radius 1 is 1.35 bits per heavy atom. The Kier molecular flexibility index (Phi) is 2.46. The van der Waals surface area contributed by atoms with Gasteiger partial charge in [0.25, 0.3) is 0 Å². The number of aromatic nitrogens is 1. The summed E-state index contributed by atoms with van der Waals surface area (Å²) in [4.78, 5) is 19.7. The molecule has 0 N–H and O–H groups in total. The first-order valence-corrected chi connectivity index (χ1v) is 5.90. The van der Waals surface area contributed by atoms with Crippen LogP contribution in [0.4, 0.5) is 10.2 Å². The van der Waals surface area contributed by atoms with E-state index >= 15 is 0 Å². The van der Waals surface area contributed by atoms with E-state index in [2.05, 4.69) is 9.88 Å². The number of fused-ring (bicyclic) bond motifs is 1. The number of carbonyl (C=O) groups excluding carboxylic acids is 1. The number of anilines is 1. The van der Waals surface area contributed by atoms with Crippen molar-refractivity contribution in [1.29, 1.82) is 0 Å². The van der Waals surface area contributed by atoms with Gasteiger partial charge in [-0.3, -0.25) is 4.79 Å². The molecule has 3 heterocycles. The molecule has 90 valence electrons. The number of rotatable bonds is 1. The first-order chi connectivity index (χ1) is 8.24. The van der Waals surface area contributed by atoms with E-state index in [1.165, 1.54) is 12.3 Å². The molecule has 0 saturated carbocycles. The summed E-state index contributed by atoms with van der Waals surface area (Å²) in [7, 11) is 0. The molecule has 0 spiro atoms. The molecule has 0 aromatic carbocycles. The van der Waals surface area contributed by atoms with Crippen LogP contribution in [0, 0.1) is 5.82 Å². The van der Waals surface area contributed by atoms with Crippen LogP contribution in [0.2, 0.25) is 0 Å². The third-order valence-corrected chi connectivity index (χ3v) is 3.53. The first-order valence-electron chi connectivity index (χ1n) is 5.90. The van der Waals surface area contributed by atoms with Crippen molar-refractivity contribution in [1.82, 2.24) is 9.88 Å². The molecule has 0 bridgehead atoms. The standard InChI is InChI=1S/C12H14FN3O/c13-9-1-3-11(14-7-9)15-5-6-16-10(8-15)2-4-12(16)17/h1,3,7,10H,2,4-6,8H2. The van der Waals surface area contributed by atoms with Crippen LogP contribution in [0.5, 0.6) is 0 Å². The highest BCUT2D eigenvalue weighted by Gasteiger charge is 2.35. The van der Waals surface area contributed by atoms with Crippen LogP contribution in [-0.4, -0.2) is 41.5 Å². The van der Waals surface area contributed by atoms with Crippen LogP contribution >= 0.6 is 0 Å². The summed E-state index contributed by atoms with van der Waals surface area (Å²) in [5, 5.41) is 0. The van der Waals surface area contributed by atoms with Gasteiger partial charge in [0.15, 0.2) is 0 Å². The average Bonchev–Trinajstić information content (AvgIpc) is 2.72. The third-order valence-electron chi connectivity index (χ3n) is 3.53. The topological polar surface area (TPSA) is 36.4 Å². The molecule has 2 aliphatic rings. The van der Waals surface area contributed by atoms with Crippen LogP contribution in [-0.2, 0) is 4.79 Å². The smallest absolute Gasteiger partial charge is 0.223 e. The molecule has 5 heteroatoms. The van der Waals surface area contributed by atoms with E-state index in [4.69, 9.17) is 0 Å². The normalized spacial score (nSPS) is 24.1. The Morgan fingerprint density at radius 3 is 3.00 bits per heavy atom. The lowest BCUT2D eigenvalue weighted by molar-refractivity contribution is -0.129. The molecule has 1 aromatic rings. The first kappa shape index (κ1) is 10.5. The zero-order valence-electron chi connectivity index (χ0n) is 9.47. The number of hydrogen-bond acceptors (Lipinski definition) is 3. The van der Waals surface area contributed by atoms with E-state index in [0.29, 0.717) is 12.5 Å². The average molecular weight is 235 g/mol. The number of pyridine rings is 1. The highest BCUT2D eigenvalue weighted by atomic mass is 19.1. The molecular formula is C12H14FN3O.